The number of hydrogen-bond acceptors (Lipinski definition) is 0. The Morgan fingerprint density at radius 1 is 0.952 bits per heavy atom. The lowest BCUT2D eigenvalue weighted by Gasteiger charge is -2.46. The topological polar surface area (TPSA) is 0 Å². The molecule has 0 saturated heterocycles. The van der Waals surface area contributed by atoms with Crippen LogP contribution in [0.3, 0.4) is 0 Å². The van der Waals surface area contributed by atoms with Crippen molar-refractivity contribution in [3.05, 3.63) is 58.7 Å². The van der Waals surface area contributed by atoms with Gasteiger partial charge < -0.3 is 4.39 Å². The van der Waals surface area contributed by atoms with Crippen molar-refractivity contribution >= 4 is 17.8 Å². The van der Waals surface area contributed by atoms with Crippen molar-refractivity contribution in [2.75, 3.05) is 14.1 Å². The Morgan fingerprint density at radius 3 is 2.14 bits per heavy atom. The maximum atomic E-state index is 2.41. The van der Waals surface area contributed by atoms with E-state index in [1.54, 1.807) is 16.5 Å². The molecule has 0 bridgehead atoms. The first kappa shape index (κ1) is 14.4. The van der Waals surface area contributed by atoms with Crippen molar-refractivity contribution in [1.29, 1.82) is 0 Å². The second-order valence-corrected chi connectivity index (χ2v) is 7.52. The lowest BCUT2D eigenvalue weighted by atomic mass is 9.47. The predicted octanol–water partition coefficient (Wildman–Crippen LogP) is 2.60. The van der Waals surface area contributed by atoms with Gasteiger partial charge >= 0.3 is 0 Å². The summed E-state index contributed by atoms with van der Waals surface area (Å²) in [6.07, 6.45) is 0. The Balaban J connectivity index is 2.27. The molecule has 2 heteroatoms. The quantitative estimate of drug-likeness (QED) is 0.704. The van der Waals surface area contributed by atoms with Crippen LogP contribution in [0.2, 0.25) is 0 Å². The highest BCUT2D eigenvalue weighted by atomic mass is 15.3. The third-order valence-corrected chi connectivity index (χ3v) is 5.90. The minimum absolute atomic E-state index is 0.571. The van der Waals surface area contributed by atoms with E-state index in [0.717, 1.165) is 4.39 Å². The van der Waals surface area contributed by atoms with Crippen LogP contribution in [-0.2, 0) is 0 Å². The smallest absolute Gasteiger partial charge is 0.251 e. The maximum Gasteiger partial charge on any atom is 0.251 e. The second kappa shape index (κ2) is 4.74. The van der Waals surface area contributed by atoms with Gasteiger partial charge in [-0.2, -0.15) is 0 Å². The van der Waals surface area contributed by atoms with E-state index in [1.807, 2.05) is 0 Å². The Kier molecular flexibility index (Phi) is 3.25. The van der Waals surface area contributed by atoms with Crippen LogP contribution in [0.5, 0.6) is 0 Å². The number of quaternary nitrogens is 1. The van der Waals surface area contributed by atoms with Crippen LogP contribution in [0, 0.1) is 20.8 Å². The SMILES string of the molecule is Cc1cc(C)c([B@@H-]2c3ccccc3[C@H](C)[N+]2(C)C)c(C)c1. The molecule has 0 unspecified atom stereocenters. The highest BCUT2D eigenvalue weighted by molar-refractivity contribution is 6.81. The van der Waals surface area contributed by atoms with Crippen LogP contribution in [0.1, 0.15) is 35.2 Å². The van der Waals surface area contributed by atoms with Gasteiger partial charge in [-0.1, -0.05) is 53.1 Å². The van der Waals surface area contributed by atoms with Crippen molar-refractivity contribution in [1.82, 2.24) is 0 Å². The molecule has 2 aromatic rings. The van der Waals surface area contributed by atoms with Crippen molar-refractivity contribution < 1.29 is 4.39 Å². The summed E-state index contributed by atoms with van der Waals surface area (Å²) in [5.74, 6) is 0. The van der Waals surface area contributed by atoms with E-state index < -0.39 is 6.85 Å². The average molecular weight is 279 g/mol. The van der Waals surface area contributed by atoms with Crippen molar-refractivity contribution in [3.63, 3.8) is 0 Å². The van der Waals surface area contributed by atoms with E-state index in [4.69, 9.17) is 0 Å². The summed E-state index contributed by atoms with van der Waals surface area (Å²) < 4.78 is 1.09. The van der Waals surface area contributed by atoms with E-state index in [2.05, 4.69) is 78.2 Å². The van der Waals surface area contributed by atoms with E-state index in [9.17, 15) is 0 Å². The van der Waals surface area contributed by atoms with Gasteiger partial charge in [-0.05, 0) is 33.3 Å². The van der Waals surface area contributed by atoms with E-state index >= 15 is 0 Å². The molecule has 0 amide bonds. The predicted molar refractivity (Wildman–Crippen MR) is 94.0 cm³/mol. The van der Waals surface area contributed by atoms with Crippen LogP contribution in [0.4, 0.5) is 0 Å². The van der Waals surface area contributed by atoms with Crippen molar-refractivity contribution in [2.45, 2.75) is 33.7 Å². The molecular weight excluding hydrogens is 253 g/mol. The van der Waals surface area contributed by atoms with Gasteiger partial charge in [0.1, 0.15) is 0 Å². The Morgan fingerprint density at radius 2 is 1.52 bits per heavy atom. The monoisotopic (exact) mass is 279 g/mol. The minimum Gasteiger partial charge on any atom is -0.509 e. The molecule has 1 heterocycles. The Labute approximate surface area is 129 Å². The number of benzene rings is 2. The minimum atomic E-state index is -0.583. The fraction of sp³-hybridized carbons (Fsp3) is 0.368. The van der Waals surface area contributed by atoms with Crippen LogP contribution >= 0.6 is 0 Å². The first-order valence-electron chi connectivity index (χ1n) is 8.02. The first-order chi connectivity index (χ1) is 9.84. The third kappa shape index (κ3) is 2.05. The molecule has 110 valence electrons. The molecule has 0 radical (unpaired) electrons. The average Bonchev–Trinajstić information content (AvgIpc) is 2.59. The van der Waals surface area contributed by atoms with Gasteiger partial charge in [-0.25, -0.2) is 0 Å². The zero-order valence-corrected chi connectivity index (χ0v) is 14.2. The molecule has 0 fully saturated rings. The summed E-state index contributed by atoms with van der Waals surface area (Å²) in [5, 5.41) is 0. The zero-order chi connectivity index (χ0) is 15.4. The van der Waals surface area contributed by atoms with Gasteiger partial charge in [-0.3, -0.25) is 0 Å². The van der Waals surface area contributed by atoms with Crippen LogP contribution in [-0.4, -0.2) is 25.3 Å². The Hall–Kier alpha value is -1.54. The molecule has 0 saturated carbocycles. The standard InChI is InChI=1S/C19H26BN/c1-13-11-14(2)19(15(3)12-13)20-18-10-8-7-9-17(18)16(4)21(20,5)6/h7-12,16,20H,1-6H3/t16-,20-/m0/s1. The fourth-order valence-corrected chi connectivity index (χ4v) is 4.67. The van der Waals surface area contributed by atoms with Gasteiger partial charge in [-0.15, -0.1) is 10.9 Å². The van der Waals surface area contributed by atoms with E-state index in [0.29, 0.717) is 6.04 Å². The highest BCUT2D eigenvalue weighted by Gasteiger charge is 2.40. The number of fused-ring (bicyclic) bond motifs is 1. The zero-order valence-electron chi connectivity index (χ0n) is 14.2. The number of hydrogen-bond donors (Lipinski definition) is 0. The largest absolute Gasteiger partial charge is 0.509 e. The number of rotatable bonds is 1. The molecule has 1 aliphatic heterocycles. The van der Waals surface area contributed by atoms with Gasteiger partial charge in [0, 0.05) is 14.1 Å². The summed E-state index contributed by atoms with van der Waals surface area (Å²) in [6.45, 7) is 8.57. The van der Waals surface area contributed by atoms with Crippen LogP contribution < -0.4 is 10.9 Å². The van der Waals surface area contributed by atoms with E-state index in [-0.39, 0.29) is 0 Å². The molecule has 1 nitrogen and oxygen atoms in total. The molecule has 0 aliphatic carbocycles. The molecule has 0 spiro atoms. The molecule has 2 atom stereocenters. The second-order valence-electron chi connectivity index (χ2n) is 7.52. The van der Waals surface area contributed by atoms with Crippen LogP contribution in [0.25, 0.3) is 0 Å². The van der Waals surface area contributed by atoms with Gasteiger partial charge in [0.25, 0.3) is 6.85 Å². The third-order valence-electron chi connectivity index (χ3n) is 5.90. The highest BCUT2D eigenvalue weighted by Crippen LogP contribution is 2.32. The summed E-state index contributed by atoms with van der Waals surface area (Å²) >= 11 is 0. The fourth-order valence-electron chi connectivity index (χ4n) is 4.67. The summed E-state index contributed by atoms with van der Waals surface area (Å²) in [4.78, 5) is 0. The number of nitrogens with zero attached hydrogens (tertiary/aromatic N) is 1. The summed E-state index contributed by atoms with van der Waals surface area (Å²) in [6, 6.07) is 14.3. The summed E-state index contributed by atoms with van der Waals surface area (Å²) in [5.41, 5.74) is 9.03. The normalized spacial score (nSPS) is 23.1. The van der Waals surface area contributed by atoms with Crippen molar-refractivity contribution in [3.8, 4) is 0 Å². The molecule has 0 aromatic heterocycles. The molecular formula is C19H26BN. The maximum absolute atomic E-state index is 2.41. The van der Waals surface area contributed by atoms with Crippen molar-refractivity contribution in [2.24, 2.45) is 0 Å². The molecule has 0 N–H and O–H groups in total. The van der Waals surface area contributed by atoms with Crippen LogP contribution in [0.15, 0.2) is 36.4 Å². The Bertz CT molecular complexity index is 679. The molecule has 3 rings (SSSR count). The van der Waals surface area contributed by atoms with Gasteiger partial charge in [0.05, 0.1) is 6.04 Å². The first-order valence-corrected chi connectivity index (χ1v) is 8.02. The number of aryl methyl sites for hydroxylation is 3. The van der Waals surface area contributed by atoms with Gasteiger partial charge in [0.15, 0.2) is 0 Å². The van der Waals surface area contributed by atoms with E-state index in [1.165, 1.54) is 16.7 Å². The molecule has 2 aromatic carbocycles. The lowest BCUT2D eigenvalue weighted by molar-refractivity contribution is -0.810. The van der Waals surface area contributed by atoms with Gasteiger partial charge in [0.2, 0.25) is 0 Å². The summed E-state index contributed by atoms with van der Waals surface area (Å²) in [7, 11) is 4.81. The molecule has 1 aliphatic rings. The molecule has 21 heavy (non-hydrogen) atoms. The lowest BCUT2D eigenvalue weighted by Crippen LogP contribution is -2.61.